The molecule has 0 spiro atoms. The van der Waals surface area contributed by atoms with Gasteiger partial charge in [-0.1, -0.05) is 0 Å². The number of ether oxygens (including phenoxy) is 1. The molecule has 1 aromatic carbocycles. The van der Waals surface area contributed by atoms with Crippen LogP contribution in [-0.2, 0) is 4.74 Å². The first-order valence-electron chi connectivity index (χ1n) is 5.86. The zero-order chi connectivity index (χ0) is 14.9. The number of non-ortho nitro benzene ring substituents is 1. The van der Waals surface area contributed by atoms with Gasteiger partial charge in [-0.3, -0.25) is 15.1 Å². The predicted octanol–water partition coefficient (Wildman–Crippen LogP) is 3.39. The van der Waals surface area contributed by atoms with Crippen LogP contribution < -0.4 is 0 Å². The number of benzene rings is 1. The number of nitrogens with zero attached hydrogens (tertiary/aromatic N) is 2. The Morgan fingerprint density at radius 1 is 1.50 bits per heavy atom. The minimum atomic E-state index is -0.516. The molecule has 6 nitrogen and oxygen atoms in total. The van der Waals surface area contributed by atoms with Crippen LogP contribution >= 0.6 is 15.9 Å². The Kier molecular flexibility index (Phi) is 3.99. The summed E-state index contributed by atoms with van der Waals surface area (Å²) in [6.45, 7) is 3.69. The van der Waals surface area contributed by atoms with Gasteiger partial charge in [-0.05, 0) is 35.3 Å². The SMILES string of the molecule is CCOC(=O)c1cnc2c(C)cc([N+](=O)[O-])cc2c1Br. The van der Waals surface area contributed by atoms with Crippen LogP contribution in [0, 0.1) is 17.0 Å². The van der Waals surface area contributed by atoms with E-state index in [0.29, 0.717) is 20.9 Å². The van der Waals surface area contributed by atoms with Crippen LogP contribution in [0.4, 0.5) is 5.69 Å². The van der Waals surface area contributed by atoms with Crippen LogP contribution in [0.1, 0.15) is 22.8 Å². The fraction of sp³-hybridized carbons (Fsp3) is 0.231. The van der Waals surface area contributed by atoms with Crippen LogP contribution in [0.15, 0.2) is 22.8 Å². The molecule has 2 rings (SSSR count). The Hall–Kier alpha value is -2.02. The number of hydrogen-bond donors (Lipinski definition) is 0. The molecule has 20 heavy (non-hydrogen) atoms. The smallest absolute Gasteiger partial charge is 0.340 e. The molecule has 2 aromatic rings. The van der Waals surface area contributed by atoms with Crippen LogP contribution in [0.2, 0.25) is 0 Å². The lowest BCUT2D eigenvalue weighted by Crippen LogP contribution is -2.06. The second-order valence-corrected chi connectivity index (χ2v) is 4.92. The molecule has 0 atom stereocenters. The Morgan fingerprint density at radius 3 is 2.80 bits per heavy atom. The maximum Gasteiger partial charge on any atom is 0.340 e. The van der Waals surface area contributed by atoms with Crippen molar-refractivity contribution in [1.29, 1.82) is 0 Å². The van der Waals surface area contributed by atoms with Crippen molar-refractivity contribution in [3.63, 3.8) is 0 Å². The van der Waals surface area contributed by atoms with Crippen molar-refractivity contribution >= 4 is 38.5 Å². The number of nitro groups is 1. The van der Waals surface area contributed by atoms with Gasteiger partial charge in [0.25, 0.3) is 5.69 Å². The number of hydrogen-bond acceptors (Lipinski definition) is 5. The molecule has 0 saturated carbocycles. The third-order valence-electron chi connectivity index (χ3n) is 2.79. The summed E-state index contributed by atoms with van der Waals surface area (Å²) in [5.41, 5.74) is 1.48. The second kappa shape index (κ2) is 5.54. The largest absolute Gasteiger partial charge is 0.462 e. The van der Waals surface area contributed by atoms with Crippen molar-refractivity contribution in [1.82, 2.24) is 4.98 Å². The third kappa shape index (κ3) is 2.49. The van der Waals surface area contributed by atoms with Crippen molar-refractivity contribution in [2.75, 3.05) is 6.61 Å². The highest BCUT2D eigenvalue weighted by Crippen LogP contribution is 2.31. The van der Waals surface area contributed by atoms with Gasteiger partial charge in [-0.2, -0.15) is 0 Å². The zero-order valence-electron chi connectivity index (χ0n) is 10.8. The lowest BCUT2D eigenvalue weighted by Gasteiger charge is -2.08. The fourth-order valence-corrected chi connectivity index (χ4v) is 2.45. The van der Waals surface area contributed by atoms with E-state index < -0.39 is 10.9 Å². The summed E-state index contributed by atoms with van der Waals surface area (Å²) in [5, 5.41) is 11.4. The number of aromatic nitrogens is 1. The number of aryl methyl sites for hydroxylation is 1. The summed E-state index contributed by atoms with van der Waals surface area (Å²) in [4.78, 5) is 26.4. The van der Waals surface area contributed by atoms with Crippen molar-refractivity contribution in [3.05, 3.63) is 44.0 Å². The summed E-state index contributed by atoms with van der Waals surface area (Å²) in [7, 11) is 0. The van der Waals surface area contributed by atoms with Crippen LogP contribution in [0.25, 0.3) is 10.9 Å². The van der Waals surface area contributed by atoms with E-state index >= 15 is 0 Å². The molecule has 0 amide bonds. The van der Waals surface area contributed by atoms with E-state index in [9.17, 15) is 14.9 Å². The summed E-state index contributed by atoms with van der Waals surface area (Å²) in [6, 6.07) is 2.84. The summed E-state index contributed by atoms with van der Waals surface area (Å²) >= 11 is 3.31. The molecule has 0 aliphatic rings. The average Bonchev–Trinajstić information content (AvgIpc) is 2.39. The third-order valence-corrected chi connectivity index (χ3v) is 3.64. The lowest BCUT2D eigenvalue weighted by molar-refractivity contribution is -0.384. The molecule has 104 valence electrons. The molecule has 0 aliphatic carbocycles. The number of fused-ring (bicyclic) bond motifs is 1. The minimum Gasteiger partial charge on any atom is -0.462 e. The minimum absolute atomic E-state index is 0.0430. The van der Waals surface area contributed by atoms with E-state index in [4.69, 9.17) is 4.74 Å². The van der Waals surface area contributed by atoms with Gasteiger partial charge in [0.1, 0.15) is 0 Å². The monoisotopic (exact) mass is 338 g/mol. The van der Waals surface area contributed by atoms with E-state index in [2.05, 4.69) is 20.9 Å². The van der Waals surface area contributed by atoms with Crippen molar-refractivity contribution in [2.24, 2.45) is 0 Å². The van der Waals surface area contributed by atoms with Crippen LogP contribution in [0.5, 0.6) is 0 Å². The topological polar surface area (TPSA) is 82.3 Å². The van der Waals surface area contributed by atoms with Crippen molar-refractivity contribution in [2.45, 2.75) is 13.8 Å². The highest BCUT2D eigenvalue weighted by molar-refractivity contribution is 9.10. The standard InChI is InChI=1S/C13H11BrN2O4/c1-3-20-13(17)10-6-15-12-7(2)4-8(16(18)19)5-9(12)11(10)14/h4-6H,3H2,1-2H3. The van der Waals surface area contributed by atoms with Gasteiger partial charge in [0.05, 0.1) is 22.6 Å². The van der Waals surface area contributed by atoms with Crippen molar-refractivity contribution in [3.8, 4) is 0 Å². The first-order valence-corrected chi connectivity index (χ1v) is 6.65. The highest BCUT2D eigenvalue weighted by atomic mass is 79.9. The van der Waals surface area contributed by atoms with Crippen LogP contribution in [-0.4, -0.2) is 22.5 Å². The van der Waals surface area contributed by atoms with E-state index in [1.165, 1.54) is 18.3 Å². The van der Waals surface area contributed by atoms with Gasteiger partial charge in [0, 0.05) is 28.2 Å². The highest BCUT2D eigenvalue weighted by Gasteiger charge is 2.18. The van der Waals surface area contributed by atoms with E-state index in [1.807, 2.05) is 0 Å². The summed E-state index contributed by atoms with van der Waals surface area (Å²) in [6.07, 6.45) is 1.41. The molecule has 0 bridgehead atoms. The number of carbonyl (C=O) groups is 1. The maximum absolute atomic E-state index is 11.8. The van der Waals surface area contributed by atoms with Gasteiger partial charge in [0.15, 0.2) is 0 Å². The molecule has 1 aromatic heterocycles. The molecular formula is C13H11BrN2O4. The van der Waals surface area contributed by atoms with Gasteiger partial charge in [0.2, 0.25) is 0 Å². The number of halogens is 1. The Bertz CT molecular complexity index is 715. The molecule has 0 radical (unpaired) electrons. The molecule has 7 heteroatoms. The lowest BCUT2D eigenvalue weighted by atomic mass is 10.1. The quantitative estimate of drug-likeness (QED) is 0.486. The Morgan fingerprint density at radius 2 is 2.20 bits per heavy atom. The van der Waals surface area contributed by atoms with Gasteiger partial charge >= 0.3 is 5.97 Å². The number of rotatable bonds is 3. The van der Waals surface area contributed by atoms with Gasteiger partial charge in [-0.15, -0.1) is 0 Å². The van der Waals surface area contributed by atoms with E-state index in [0.717, 1.165) is 0 Å². The normalized spacial score (nSPS) is 10.6. The number of esters is 1. The Labute approximate surface area is 123 Å². The molecule has 0 unspecified atom stereocenters. The number of nitro benzene ring substituents is 1. The molecule has 0 saturated heterocycles. The van der Waals surface area contributed by atoms with E-state index in [1.54, 1.807) is 13.8 Å². The van der Waals surface area contributed by atoms with Gasteiger partial charge in [-0.25, -0.2) is 4.79 Å². The predicted molar refractivity (Wildman–Crippen MR) is 76.8 cm³/mol. The van der Waals surface area contributed by atoms with E-state index in [-0.39, 0.29) is 17.9 Å². The van der Waals surface area contributed by atoms with Crippen molar-refractivity contribution < 1.29 is 14.5 Å². The maximum atomic E-state index is 11.8. The zero-order valence-corrected chi connectivity index (χ0v) is 12.4. The summed E-state index contributed by atoms with van der Waals surface area (Å²) < 4.78 is 5.37. The molecule has 0 aliphatic heterocycles. The number of pyridine rings is 1. The average molecular weight is 339 g/mol. The number of carbonyl (C=O) groups excluding carboxylic acids is 1. The molecule has 0 N–H and O–H groups in total. The molecule has 1 heterocycles. The molecule has 0 fully saturated rings. The first kappa shape index (κ1) is 14.4. The fourth-order valence-electron chi connectivity index (χ4n) is 1.89. The summed E-state index contributed by atoms with van der Waals surface area (Å²) in [5.74, 6) is -0.516. The Balaban J connectivity index is 2.70. The second-order valence-electron chi connectivity index (χ2n) is 4.12. The van der Waals surface area contributed by atoms with Gasteiger partial charge < -0.3 is 4.74 Å². The molecular weight excluding hydrogens is 328 g/mol. The first-order chi connectivity index (χ1) is 9.45. The van der Waals surface area contributed by atoms with Crippen LogP contribution in [0.3, 0.4) is 0 Å².